The molecule has 4 aliphatic heterocycles. The predicted molar refractivity (Wildman–Crippen MR) is 143 cm³/mol. The normalized spacial score (nSPS) is 20.9. The molecule has 0 radical (unpaired) electrons. The van der Waals surface area contributed by atoms with Gasteiger partial charge in [-0.25, -0.2) is 14.6 Å². The molecule has 3 N–H and O–H groups in total. The first-order valence-electron chi connectivity index (χ1n) is 13.0. The molecular formula is C27H34N6O6. The number of nitrogens with zero attached hydrogens (tertiary/aromatic N) is 3. The summed E-state index contributed by atoms with van der Waals surface area (Å²) in [7, 11) is 1.61. The maximum Gasteiger partial charge on any atom is 0.322 e. The molecule has 0 aliphatic carbocycles. The lowest BCUT2D eigenvalue weighted by Gasteiger charge is -2.28. The van der Waals surface area contributed by atoms with Crippen molar-refractivity contribution in [3.63, 3.8) is 0 Å². The van der Waals surface area contributed by atoms with Crippen LogP contribution < -0.4 is 20.7 Å². The fraction of sp³-hybridized carbons (Fsp3) is 0.444. The minimum atomic E-state index is -0.852. The lowest BCUT2D eigenvalue weighted by Crippen LogP contribution is -2.48. The van der Waals surface area contributed by atoms with E-state index in [1.807, 2.05) is 36.9 Å². The number of carbonyl (C=O) groups excluding carboxylic acids is 4. The maximum absolute atomic E-state index is 12.0. The number of rotatable bonds is 5. The average Bonchev–Trinajstić information content (AvgIpc) is 3.45. The second kappa shape index (κ2) is 12.0. The minimum Gasteiger partial charge on any atom is -0.497 e. The van der Waals surface area contributed by atoms with Crippen LogP contribution in [0.1, 0.15) is 49.5 Å². The van der Waals surface area contributed by atoms with E-state index in [-0.39, 0.29) is 11.9 Å². The van der Waals surface area contributed by atoms with Crippen LogP contribution in [-0.4, -0.2) is 78.9 Å². The Bertz CT molecular complexity index is 1270. The zero-order valence-electron chi connectivity index (χ0n) is 22.6. The average molecular weight is 539 g/mol. The Labute approximate surface area is 227 Å². The number of allylic oxidation sites excluding steroid dienone is 1. The second-order valence-corrected chi connectivity index (χ2v) is 9.31. The highest BCUT2D eigenvalue weighted by molar-refractivity contribution is 6.05. The van der Waals surface area contributed by atoms with Gasteiger partial charge in [0.1, 0.15) is 24.0 Å². The summed E-state index contributed by atoms with van der Waals surface area (Å²) in [5.74, 6) is 1.33. The molecule has 1 aromatic rings. The number of aliphatic imine (C=N–C) groups is 1. The Morgan fingerprint density at radius 1 is 1.21 bits per heavy atom. The molecular weight excluding hydrogens is 504 g/mol. The molecule has 6 amide bonds. The fourth-order valence-corrected chi connectivity index (χ4v) is 4.60. The molecule has 0 spiro atoms. The van der Waals surface area contributed by atoms with Crippen LogP contribution in [0.4, 0.5) is 9.59 Å². The smallest absolute Gasteiger partial charge is 0.322 e. The van der Waals surface area contributed by atoms with E-state index in [1.165, 1.54) is 0 Å². The number of benzene rings is 1. The van der Waals surface area contributed by atoms with Gasteiger partial charge in [0.2, 0.25) is 0 Å². The van der Waals surface area contributed by atoms with E-state index >= 15 is 0 Å². The maximum atomic E-state index is 12.0. The van der Waals surface area contributed by atoms with Crippen LogP contribution in [-0.2, 0) is 16.1 Å². The van der Waals surface area contributed by atoms with E-state index in [0.717, 1.165) is 48.4 Å². The topological polar surface area (TPSA) is 142 Å². The molecule has 1 aromatic carbocycles. The quantitative estimate of drug-likeness (QED) is 0.298. The van der Waals surface area contributed by atoms with Crippen LogP contribution in [0.15, 0.2) is 46.3 Å². The van der Waals surface area contributed by atoms with Gasteiger partial charge in [-0.05, 0) is 50.0 Å². The highest BCUT2D eigenvalue weighted by Crippen LogP contribution is 2.26. The number of hydrogen-bond acceptors (Lipinski definition) is 7. The largest absolute Gasteiger partial charge is 0.497 e. The Kier molecular flexibility index (Phi) is 8.52. The van der Waals surface area contributed by atoms with Gasteiger partial charge in [-0.2, -0.15) is 0 Å². The number of amides is 6. The zero-order chi connectivity index (χ0) is 28.1. The first-order valence-corrected chi connectivity index (χ1v) is 13.0. The summed E-state index contributed by atoms with van der Waals surface area (Å²) in [6, 6.07) is 4.11. The van der Waals surface area contributed by atoms with Crippen LogP contribution in [0.25, 0.3) is 0 Å². The summed E-state index contributed by atoms with van der Waals surface area (Å²) < 4.78 is 10.7. The SMILES string of the molecule is CCC1=C(N=C(C)N2CCCNC2=O)C=C(C2NC(=O)NC2=O)OC1.CCN1Cc2ccc(OC)cc2C1=O. The van der Waals surface area contributed by atoms with Crippen molar-refractivity contribution in [1.82, 2.24) is 25.8 Å². The Morgan fingerprint density at radius 3 is 2.64 bits per heavy atom. The summed E-state index contributed by atoms with van der Waals surface area (Å²) >= 11 is 0. The van der Waals surface area contributed by atoms with Crippen molar-refractivity contribution in [1.29, 1.82) is 0 Å². The van der Waals surface area contributed by atoms with Gasteiger partial charge in [0.15, 0.2) is 6.04 Å². The predicted octanol–water partition coefficient (Wildman–Crippen LogP) is 2.28. The summed E-state index contributed by atoms with van der Waals surface area (Å²) in [5, 5.41) is 7.48. The van der Waals surface area contributed by atoms with Gasteiger partial charge in [0.05, 0.1) is 12.8 Å². The van der Waals surface area contributed by atoms with Crippen molar-refractivity contribution in [3.8, 4) is 5.75 Å². The van der Waals surface area contributed by atoms with Gasteiger partial charge in [0.25, 0.3) is 11.8 Å². The van der Waals surface area contributed by atoms with E-state index in [2.05, 4.69) is 20.9 Å². The van der Waals surface area contributed by atoms with Gasteiger partial charge in [-0.3, -0.25) is 19.8 Å². The van der Waals surface area contributed by atoms with Crippen molar-refractivity contribution in [3.05, 3.63) is 52.4 Å². The fourth-order valence-electron chi connectivity index (χ4n) is 4.60. The van der Waals surface area contributed by atoms with E-state index in [1.54, 1.807) is 25.0 Å². The van der Waals surface area contributed by atoms with Crippen molar-refractivity contribution in [2.45, 2.75) is 46.2 Å². The molecule has 1 atom stereocenters. The van der Waals surface area contributed by atoms with E-state index in [4.69, 9.17) is 9.47 Å². The Hall–Kier alpha value is -4.35. The molecule has 12 nitrogen and oxygen atoms in total. The number of urea groups is 2. The van der Waals surface area contributed by atoms with Gasteiger partial charge in [-0.1, -0.05) is 13.0 Å². The Morgan fingerprint density at radius 2 is 2.00 bits per heavy atom. The number of hydrogen-bond donors (Lipinski definition) is 3. The number of fused-ring (bicyclic) bond motifs is 1. The van der Waals surface area contributed by atoms with Gasteiger partial charge >= 0.3 is 12.1 Å². The highest BCUT2D eigenvalue weighted by atomic mass is 16.5. The molecule has 0 bridgehead atoms. The van der Waals surface area contributed by atoms with E-state index in [9.17, 15) is 19.2 Å². The molecule has 5 rings (SSSR count). The van der Waals surface area contributed by atoms with Crippen molar-refractivity contribution in [2.24, 2.45) is 4.99 Å². The first kappa shape index (κ1) is 27.7. The van der Waals surface area contributed by atoms with Crippen molar-refractivity contribution < 1.29 is 28.7 Å². The summed E-state index contributed by atoms with van der Waals surface area (Å²) in [6.07, 6.45) is 3.24. The lowest BCUT2D eigenvalue weighted by atomic mass is 10.1. The number of carbonyl (C=O) groups is 4. The third-order valence-electron chi connectivity index (χ3n) is 6.87. The zero-order valence-corrected chi connectivity index (χ0v) is 22.6. The summed E-state index contributed by atoms with van der Waals surface area (Å²) in [6.45, 7) is 8.81. The van der Waals surface area contributed by atoms with Crippen LogP contribution in [0.2, 0.25) is 0 Å². The standard InChI is InChI=1S/C16H21N5O4.C11H13NO2/c1-3-10-8-25-12(13-14(22)20-15(23)19-13)7-11(10)18-9(2)21-6-4-5-17-16(21)24;1-3-12-7-8-4-5-9(14-2)6-10(8)11(12)13/h7,13H,3-6,8H2,1-2H3,(H,17,24)(H2,19,20,22,23);4-6H,3,7H2,1-2H3. The molecule has 12 heteroatoms. The molecule has 2 saturated heterocycles. The van der Waals surface area contributed by atoms with E-state index in [0.29, 0.717) is 37.0 Å². The van der Waals surface area contributed by atoms with Crippen LogP contribution >= 0.6 is 0 Å². The van der Waals surface area contributed by atoms with Crippen LogP contribution in [0.5, 0.6) is 5.75 Å². The lowest BCUT2D eigenvalue weighted by molar-refractivity contribution is -0.120. The second-order valence-electron chi connectivity index (χ2n) is 9.31. The molecule has 0 aromatic heterocycles. The van der Waals surface area contributed by atoms with Gasteiger partial charge < -0.3 is 25.0 Å². The first-order chi connectivity index (χ1) is 18.7. The third-order valence-corrected chi connectivity index (χ3v) is 6.87. The van der Waals surface area contributed by atoms with Crippen LogP contribution in [0.3, 0.4) is 0 Å². The molecule has 4 aliphatic rings. The summed E-state index contributed by atoms with van der Waals surface area (Å²) in [5.41, 5.74) is 3.50. The number of nitrogens with one attached hydrogen (secondary N) is 3. The van der Waals surface area contributed by atoms with Gasteiger partial charge in [-0.15, -0.1) is 0 Å². The number of methoxy groups -OCH3 is 1. The van der Waals surface area contributed by atoms with Crippen LogP contribution in [0, 0.1) is 0 Å². The third kappa shape index (κ3) is 6.05. The van der Waals surface area contributed by atoms with Crippen molar-refractivity contribution >= 4 is 29.7 Å². The summed E-state index contributed by atoms with van der Waals surface area (Å²) in [4.78, 5) is 54.9. The van der Waals surface area contributed by atoms with Crippen molar-refractivity contribution in [2.75, 3.05) is 33.4 Å². The monoisotopic (exact) mass is 538 g/mol. The number of amidine groups is 1. The minimum absolute atomic E-state index is 0.112. The number of imide groups is 1. The number of ether oxygens (including phenoxy) is 2. The molecule has 1 unspecified atom stereocenters. The molecule has 4 heterocycles. The molecule has 2 fully saturated rings. The Balaban J connectivity index is 0.000000212. The molecule has 208 valence electrons. The van der Waals surface area contributed by atoms with E-state index < -0.39 is 18.0 Å². The van der Waals surface area contributed by atoms with Gasteiger partial charge in [0, 0.05) is 37.8 Å². The molecule has 0 saturated carbocycles. The molecule has 39 heavy (non-hydrogen) atoms. The highest BCUT2D eigenvalue weighted by Gasteiger charge is 2.35.